The van der Waals surface area contributed by atoms with Crippen LogP contribution in [0.2, 0.25) is 0 Å². The van der Waals surface area contributed by atoms with Crippen LogP contribution in [0.4, 0.5) is 8.78 Å². The molecule has 0 bridgehead atoms. The molecule has 136 valence electrons. The predicted molar refractivity (Wildman–Crippen MR) is 89.6 cm³/mol. The fourth-order valence-corrected chi connectivity index (χ4v) is 3.35. The first-order valence-corrected chi connectivity index (χ1v) is 8.68. The SMILES string of the molecule is CCn1cc2c(C(F)F)cc(=O)n(CCC(=O)NC3CCCC3)c2n1. The van der Waals surface area contributed by atoms with Gasteiger partial charge in [0.25, 0.3) is 12.0 Å². The van der Waals surface area contributed by atoms with Gasteiger partial charge in [-0.15, -0.1) is 0 Å². The number of nitrogens with zero attached hydrogens (tertiary/aromatic N) is 3. The summed E-state index contributed by atoms with van der Waals surface area (Å²) in [4.78, 5) is 24.3. The zero-order valence-corrected chi connectivity index (χ0v) is 14.2. The summed E-state index contributed by atoms with van der Waals surface area (Å²) < 4.78 is 29.3. The molecule has 1 amide bonds. The molecular weight excluding hydrogens is 330 g/mol. The molecule has 6 nitrogen and oxygen atoms in total. The van der Waals surface area contributed by atoms with Gasteiger partial charge in [0.15, 0.2) is 5.65 Å². The highest BCUT2D eigenvalue weighted by Gasteiger charge is 2.20. The lowest BCUT2D eigenvalue weighted by Gasteiger charge is -2.13. The molecule has 0 saturated heterocycles. The number of alkyl halides is 2. The van der Waals surface area contributed by atoms with Gasteiger partial charge in [-0.3, -0.25) is 18.8 Å². The van der Waals surface area contributed by atoms with Crippen molar-refractivity contribution in [2.24, 2.45) is 0 Å². The lowest BCUT2D eigenvalue weighted by atomic mass is 10.2. The highest BCUT2D eigenvalue weighted by molar-refractivity contribution is 5.79. The molecule has 2 aromatic heterocycles. The van der Waals surface area contributed by atoms with Crippen LogP contribution in [0.15, 0.2) is 17.1 Å². The average molecular weight is 352 g/mol. The van der Waals surface area contributed by atoms with Gasteiger partial charge in [-0.05, 0) is 19.8 Å². The lowest BCUT2D eigenvalue weighted by molar-refractivity contribution is -0.122. The molecule has 0 radical (unpaired) electrons. The van der Waals surface area contributed by atoms with E-state index in [4.69, 9.17) is 0 Å². The minimum atomic E-state index is -2.75. The predicted octanol–water partition coefficient (Wildman–Crippen LogP) is 2.60. The van der Waals surface area contributed by atoms with E-state index in [0.717, 1.165) is 31.7 Å². The highest BCUT2D eigenvalue weighted by Crippen LogP contribution is 2.26. The van der Waals surface area contributed by atoms with Crippen LogP contribution in [0.5, 0.6) is 0 Å². The fourth-order valence-electron chi connectivity index (χ4n) is 3.35. The Hall–Kier alpha value is -2.25. The molecule has 25 heavy (non-hydrogen) atoms. The molecule has 0 aromatic carbocycles. The normalized spacial score (nSPS) is 15.4. The summed E-state index contributed by atoms with van der Waals surface area (Å²) in [7, 11) is 0. The third-order valence-corrected chi connectivity index (χ3v) is 4.70. The number of aromatic nitrogens is 3. The summed E-state index contributed by atoms with van der Waals surface area (Å²) in [6, 6.07) is 1.16. The van der Waals surface area contributed by atoms with Crippen LogP contribution >= 0.6 is 0 Å². The summed E-state index contributed by atoms with van der Waals surface area (Å²) >= 11 is 0. The third kappa shape index (κ3) is 3.72. The van der Waals surface area contributed by atoms with Gasteiger partial charge in [0.05, 0.1) is 0 Å². The number of hydrogen-bond donors (Lipinski definition) is 1. The number of halogens is 2. The number of carbonyl (C=O) groups is 1. The van der Waals surface area contributed by atoms with E-state index in [1.807, 2.05) is 6.92 Å². The van der Waals surface area contributed by atoms with Gasteiger partial charge in [-0.1, -0.05) is 12.8 Å². The van der Waals surface area contributed by atoms with Crippen LogP contribution in [0.3, 0.4) is 0 Å². The summed E-state index contributed by atoms with van der Waals surface area (Å²) in [6.45, 7) is 2.47. The van der Waals surface area contributed by atoms with Crippen LogP contribution in [-0.2, 0) is 17.9 Å². The smallest absolute Gasteiger partial charge is 0.264 e. The van der Waals surface area contributed by atoms with E-state index in [1.54, 1.807) is 0 Å². The second-order valence-corrected chi connectivity index (χ2v) is 6.41. The summed E-state index contributed by atoms with van der Waals surface area (Å²) in [5.41, 5.74) is -0.664. The van der Waals surface area contributed by atoms with Crippen molar-refractivity contribution in [2.45, 2.75) is 64.6 Å². The third-order valence-electron chi connectivity index (χ3n) is 4.70. The second-order valence-electron chi connectivity index (χ2n) is 6.41. The minimum Gasteiger partial charge on any atom is -0.353 e. The first kappa shape index (κ1) is 17.6. The first-order valence-electron chi connectivity index (χ1n) is 8.68. The van der Waals surface area contributed by atoms with Crippen LogP contribution in [-0.4, -0.2) is 26.3 Å². The number of nitrogens with one attached hydrogen (secondary N) is 1. The molecule has 1 fully saturated rings. The molecule has 2 heterocycles. The van der Waals surface area contributed by atoms with Gasteiger partial charge in [0, 0.05) is 48.8 Å². The van der Waals surface area contributed by atoms with Gasteiger partial charge in [0.1, 0.15) is 0 Å². The van der Waals surface area contributed by atoms with Crippen LogP contribution in [0, 0.1) is 0 Å². The number of hydrogen-bond acceptors (Lipinski definition) is 3. The maximum atomic E-state index is 13.2. The molecule has 2 aromatic rings. The molecule has 1 saturated carbocycles. The average Bonchev–Trinajstić information content (AvgIpc) is 3.22. The number of pyridine rings is 1. The van der Waals surface area contributed by atoms with Crippen molar-refractivity contribution in [1.29, 1.82) is 0 Å². The number of fused-ring (bicyclic) bond motifs is 1. The van der Waals surface area contributed by atoms with E-state index in [9.17, 15) is 18.4 Å². The Kier molecular flexibility index (Phi) is 5.15. The van der Waals surface area contributed by atoms with E-state index in [1.165, 1.54) is 15.4 Å². The van der Waals surface area contributed by atoms with E-state index in [-0.39, 0.29) is 41.5 Å². The van der Waals surface area contributed by atoms with Crippen LogP contribution in [0.25, 0.3) is 11.0 Å². The summed E-state index contributed by atoms with van der Waals surface area (Å²) in [6.07, 6.45) is 3.11. The van der Waals surface area contributed by atoms with Gasteiger partial charge >= 0.3 is 0 Å². The number of amides is 1. The molecular formula is C17H22F2N4O2. The van der Waals surface area contributed by atoms with Crippen molar-refractivity contribution in [3.63, 3.8) is 0 Å². The van der Waals surface area contributed by atoms with Gasteiger partial charge in [-0.2, -0.15) is 5.10 Å². The van der Waals surface area contributed by atoms with Crippen molar-refractivity contribution in [3.8, 4) is 0 Å². The minimum absolute atomic E-state index is 0.123. The Balaban J connectivity index is 1.84. The molecule has 1 aliphatic carbocycles. The quantitative estimate of drug-likeness (QED) is 0.869. The second kappa shape index (κ2) is 7.33. The monoisotopic (exact) mass is 352 g/mol. The van der Waals surface area contributed by atoms with Crippen molar-refractivity contribution >= 4 is 16.9 Å². The van der Waals surface area contributed by atoms with E-state index in [2.05, 4.69) is 10.4 Å². The van der Waals surface area contributed by atoms with Gasteiger partial charge < -0.3 is 5.32 Å². The lowest BCUT2D eigenvalue weighted by Crippen LogP contribution is -2.34. The van der Waals surface area contributed by atoms with E-state index >= 15 is 0 Å². The fraction of sp³-hybridized carbons (Fsp3) is 0.588. The molecule has 8 heteroatoms. The van der Waals surface area contributed by atoms with Crippen molar-refractivity contribution in [2.75, 3.05) is 0 Å². The Bertz CT molecular complexity index is 822. The van der Waals surface area contributed by atoms with Crippen LogP contribution < -0.4 is 10.9 Å². The molecule has 3 rings (SSSR count). The van der Waals surface area contributed by atoms with Gasteiger partial charge in [-0.25, -0.2) is 8.78 Å². The van der Waals surface area contributed by atoms with E-state index < -0.39 is 12.0 Å². The molecule has 0 aliphatic heterocycles. The molecule has 1 N–H and O–H groups in total. The molecule has 0 atom stereocenters. The Labute approximate surface area is 143 Å². The number of carbonyl (C=O) groups excluding carboxylic acids is 1. The van der Waals surface area contributed by atoms with Crippen molar-refractivity contribution in [1.82, 2.24) is 19.7 Å². The molecule has 0 unspecified atom stereocenters. The summed E-state index contributed by atoms with van der Waals surface area (Å²) in [5.74, 6) is -0.125. The zero-order chi connectivity index (χ0) is 18.0. The standard InChI is InChI=1S/C17H22F2N4O2/c1-2-22-10-13-12(16(18)19)9-15(25)23(17(13)21-22)8-7-14(24)20-11-5-3-4-6-11/h9-11,16H,2-8H2,1H3,(H,20,24). The van der Waals surface area contributed by atoms with E-state index in [0.29, 0.717) is 6.54 Å². The first-order chi connectivity index (χ1) is 12.0. The summed E-state index contributed by atoms with van der Waals surface area (Å²) in [5, 5.41) is 7.45. The molecule has 1 aliphatic rings. The largest absolute Gasteiger partial charge is 0.353 e. The Morgan fingerprint density at radius 2 is 2.12 bits per heavy atom. The zero-order valence-electron chi connectivity index (χ0n) is 14.2. The maximum absolute atomic E-state index is 13.2. The maximum Gasteiger partial charge on any atom is 0.264 e. The molecule has 0 spiro atoms. The topological polar surface area (TPSA) is 68.9 Å². The highest BCUT2D eigenvalue weighted by atomic mass is 19.3. The number of rotatable bonds is 6. The van der Waals surface area contributed by atoms with Crippen LogP contribution in [0.1, 0.15) is 51.0 Å². The number of aryl methyl sites for hydroxylation is 2. The Morgan fingerprint density at radius 1 is 1.40 bits per heavy atom. The van der Waals surface area contributed by atoms with Gasteiger partial charge in [0.2, 0.25) is 5.91 Å². The van der Waals surface area contributed by atoms with Crippen molar-refractivity contribution < 1.29 is 13.6 Å². The van der Waals surface area contributed by atoms with Crippen molar-refractivity contribution in [3.05, 3.63) is 28.2 Å². The Morgan fingerprint density at radius 3 is 2.76 bits per heavy atom.